The Morgan fingerprint density at radius 3 is 2.06 bits per heavy atom. The number of unbranched alkanes of at least 4 members (excludes halogenated alkanes) is 1. The zero-order valence-electron chi connectivity index (χ0n) is 11.6. The number of hydrogen-bond donors (Lipinski definition) is 0. The topological polar surface area (TPSA) is 52.6 Å². The van der Waals surface area contributed by atoms with Gasteiger partial charge in [0.05, 0.1) is 13.2 Å². The van der Waals surface area contributed by atoms with E-state index in [0.29, 0.717) is 19.1 Å². The molecule has 0 atom stereocenters. The fourth-order valence-corrected chi connectivity index (χ4v) is 1.27. The SMILES string of the molecule is CCCCOC(=O)/C=C/C(=O)OCC(CC)CC. The predicted octanol–water partition coefficient (Wildman–Crippen LogP) is 2.87. The van der Waals surface area contributed by atoms with E-state index in [4.69, 9.17) is 9.47 Å². The normalized spacial score (nSPS) is 10.9. The second-order valence-electron chi connectivity index (χ2n) is 4.17. The van der Waals surface area contributed by atoms with Gasteiger partial charge in [-0.3, -0.25) is 0 Å². The van der Waals surface area contributed by atoms with Gasteiger partial charge in [0, 0.05) is 12.2 Å². The molecule has 0 heterocycles. The third-order valence-corrected chi connectivity index (χ3v) is 2.71. The lowest BCUT2D eigenvalue weighted by atomic mass is 10.1. The molecule has 0 N–H and O–H groups in total. The molecule has 0 radical (unpaired) electrons. The number of hydrogen-bond acceptors (Lipinski definition) is 4. The quantitative estimate of drug-likeness (QED) is 0.361. The molecule has 0 bridgehead atoms. The number of esters is 2. The highest BCUT2D eigenvalue weighted by molar-refractivity contribution is 5.91. The molecule has 18 heavy (non-hydrogen) atoms. The molecular weight excluding hydrogens is 232 g/mol. The Kier molecular flexibility index (Phi) is 10.0. The molecule has 0 fully saturated rings. The first-order valence-corrected chi connectivity index (χ1v) is 6.65. The molecule has 0 aromatic heterocycles. The predicted molar refractivity (Wildman–Crippen MR) is 70.0 cm³/mol. The van der Waals surface area contributed by atoms with Gasteiger partial charge >= 0.3 is 11.9 Å². The molecule has 104 valence electrons. The van der Waals surface area contributed by atoms with E-state index in [1.54, 1.807) is 0 Å². The van der Waals surface area contributed by atoms with Crippen LogP contribution in [0.4, 0.5) is 0 Å². The standard InChI is InChI=1S/C14H24O4/c1-4-7-10-17-13(15)8-9-14(16)18-11-12(5-2)6-3/h8-9,12H,4-7,10-11H2,1-3H3/b9-8+. The van der Waals surface area contributed by atoms with Gasteiger partial charge in [-0.15, -0.1) is 0 Å². The lowest BCUT2D eigenvalue weighted by Gasteiger charge is -2.11. The van der Waals surface area contributed by atoms with Gasteiger partial charge in [0.25, 0.3) is 0 Å². The fourth-order valence-electron chi connectivity index (χ4n) is 1.27. The maximum atomic E-state index is 11.3. The van der Waals surface area contributed by atoms with Gasteiger partial charge < -0.3 is 9.47 Å². The van der Waals surface area contributed by atoms with Crippen molar-refractivity contribution in [1.82, 2.24) is 0 Å². The monoisotopic (exact) mass is 256 g/mol. The van der Waals surface area contributed by atoms with Crippen LogP contribution in [0, 0.1) is 5.92 Å². The summed E-state index contributed by atoms with van der Waals surface area (Å²) >= 11 is 0. The maximum absolute atomic E-state index is 11.3. The Morgan fingerprint density at radius 1 is 1.00 bits per heavy atom. The van der Waals surface area contributed by atoms with Crippen molar-refractivity contribution in [3.63, 3.8) is 0 Å². The van der Waals surface area contributed by atoms with Crippen molar-refractivity contribution in [2.75, 3.05) is 13.2 Å². The minimum absolute atomic E-state index is 0.388. The third kappa shape index (κ3) is 8.79. The van der Waals surface area contributed by atoms with Crippen molar-refractivity contribution in [3.8, 4) is 0 Å². The van der Waals surface area contributed by atoms with E-state index >= 15 is 0 Å². The minimum atomic E-state index is -0.497. The highest BCUT2D eigenvalue weighted by Gasteiger charge is 2.06. The molecule has 0 spiro atoms. The summed E-state index contributed by atoms with van der Waals surface area (Å²) in [5.74, 6) is -0.601. The largest absolute Gasteiger partial charge is 0.463 e. The summed E-state index contributed by atoms with van der Waals surface area (Å²) in [5.41, 5.74) is 0. The van der Waals surface area contributed by atoms with Gasteiger partial charge in [0.1, 0.15) is 0 Å². The van der Waals surface area contributed by atoms with Crippen LogP contribution in [0.2, 0.25) is 0 Å². The summed E-state index contributed by atoms with van der Waals surface area (Å²) in [6.45, 7) is 6.92. The van der Waals surface area contributed by atoms with Crippen molar-refractivity contribution >= 4 is 11.9 Å². The van der Waals surface area contributed by atoms with Gasteiger partial charge in [0.15, 0.2) is 0 Å². The Labute approximate surface area is 109 Å². The first-order chi connectivity index (χ1) is 8.63. The van der Waals surface area contributed by atoms with Crippen molar-refractivity contribution in [2.24, 2.45) is 5.92 Å². The molecule has 0 saturated carbocycles. The molecule has 0 aliphatic heterocycles. The summed E-state index contributed by atoms with van der Waals surface area (Å²) in [6.07, 6.45) is 5.99. The summed E-state index contributed by atoms with van der Waals surface area (Å²) in [4.78, 5) is 22.5. The van der Waals surface area contributed by atoms with Gasteiger partial charge in [0.2, 0.25) is 0 Å². The Bertz CT molecular complexity index is 267. The first-order valence-electron chi connectivity index (χ1n) is 6.65. The molecule has 0 aromatic rings. The zero-order chi connectivity index (χ0) is 13.8. The molecule has 0 aliphatic rings. The summed E-state index contributed by atoms with van der Waals surface area (Å²) in [5, 5.41) is 0. The molecule has 0 unspecified atom stereocenters. The number of carbonyl (C=O) groups is 2. The molecular formula is C14H24O4. The lowest BCUT2D eigenvalue weighted by Crippen LogP contribution is -2.12. The van der Waals surface area contributed by atoms with Crippen LogP contribution in [0.25, 0.3) is 0 Å². The van der Waals surface area contributed by atoms with E-state index < -0.39 is 11.9 Å². The first kappa shape index (κ1) is 16.7. The summed E-state index contributed by atoms with van der Waals surface area (Å²) in [7, 11) is 0. The number of rotatable bonds is 9. The van der Waals surface area contributed by atoms with E-state index in [0.717, 1.165) is 37.8 Å². The van der Waals surface area contributed by atoms with Crippen LogP contribution in [-0.2, 0) is 19.1 Å². The van der Waals surface area contributed by atoms with E-state index in [2.05, 4.69) is 13.8 Å². The maximum Gasteiger partial charge on any atom is 0.331 e. The smallest absolute Gasteiger partial charge is 0.331 e. The molecule has 0 aliphatic carbocycles. The van der Waals surface area contributed by atoms with Crippen LogP contribution in [0.3, 0.4) is 0 Å². The van der Waals surface area contributed by atoms with E-state index in [1.165, 1.54) is 0 Å². The van der Waals surface area contributed by atoms with E-state index in [-0.39, 0.29) is 0 Å². The highest BCUT2D eigenvalue weighted by atomic mass is 16.5. The van der Waals surface area contributed by atoms with Crippen LogP contribution in [-0.4, -0.2) is 25.2 Å². The van der Waals surface area contributed by atoms with Crippen LogP contribution >= 0.6 is 0 Å². The summed E-state index contributed by atoms with van der Waals surface area (Å²) < 4.78 is 9.90. The van der Waals surface area contributed by atoms with E-state index in [1.807, 2.05) is 6.92 Å². The van der Waals surface area contributed by atoms with Crippen LogP contribution in [0.1, 0.15) is 46.5 Å². The molecule has 0 amide bonds. The third-order valence-electron chi connectivity index (χ3n) is 2.71. The van der Waals surface area contributed by atoms with Gasteiger partial charge in [-0.1, -0.05) is 40.0 Å². The highest BCUT2D eigenvalue weighted by Crippen LogP contribution is 2.07. The molecule has 0 rings (SSSR count). The van der Waals surface area contributed by atoms with Gasteiger partial charge in [-0.05, 0) is 12.3 Å². The lowest BCUT2D eigenvalue weighted by molar-refractivity contribution is -0.141. The molecule has 4 heteroatoms. The average Bonchev–Trinajstić information content (AvgIpc) is 2.38. The molecule has 0 aromatic carbocycles. The molecule has 0 saturated heterocycles. The minimum Gasteiger partial charge on any atom is -0.463 e. The molecule has 4 nitrogen and oxygen atoms in total. The number of ether oxygens (including phenoxy) is 2. The van der Waals surface area contributed by atoms with Crippen molar-refractivity contribution in [2.45, 2.75) is 46.5 Å². The van der Waals surface area contributed by atoms with E-state index in [9.17, 15) is 9.59 Å². The van der Waals surface area contributed by atoms with Crippen LogP contribution in [0.5, 0.6) is 0 Å². The Balaban J connectivity index is 3.82. The average molecular weight is 256 g/mol. The van der Waals surface area contributed by atoms with Crippen LogP contribution < -0.4 is 0 Å². The Hall–Kier alpha value is -1.32. The van der Waals surface area contributed by atoms with Crippen LogP contribution in [0.15, 0.2) is 12.2 Å². The zero-order valence-corrected chi connectivity index (χ0v) is 11.6. The number of carbonyl (C=O) groups excluding carboxylic acids is 2. The van der Waals surface area contributed by atoms with Crippen molar-refractivity contribution < 1.29 is 19.1 Å². The summed E-state index contributed by atoms with van der Waals surface area (Å²) in [6, 6.07) is 0. The Morgan fingerprint density at radius 2 is 1.56 bits per heavy atom. The van der Waals surface area contributed by atoms with Gasteiger partial charge in [-0.25, -0.2) is 9.59 Å². The van der Waals surface area contributed by atoms with Crippen molar-refractivity contribution in [1.29, 1.82) is 0 Å². The van der Waals surface area contributed by atoms with Gasteiger partial charge in [-0.2, -0.15) is 0 Å². The van der Waals surface area contributed by atoms with Crippen molar-refractivity contribution in [3.05, 3.63) is 12.2 Å². The second-order valence-corrected chi connectivity index (χ2v) is 4.17. The second kappa shape index (κ2) is 10.8. The fraction of sp³-hybridized carbons (Fsp3) is 0.714.